The summed E-state index contributed by atoms with van der Waals surface area (Å²) >= 11 is 3.51. The van der Waals surface area contributed by atoms with Gasteiger partial charge in [0.05, 0.1) is 6.54 Å². The van der Waals surface area contributed by atoms with Crippen molar-refractivity contribution < 1.29 is 0 Å². The normalized spacial score (nSPS) is 10.8. The third-order valence-corrected chi connectivity index (χ3v) is 3.96. The first kappa shape index (κ1) is 12.2. The Morgan fingerprint density at radius 2 is 1.68 bits per heavy atom. The molecule has 1 aromatic heterocycles. The van der Waals surface area contributed by atoms with Gasteiger partial charge in [-0.05, 0) is 29.1 Å². The number of benzene rings is 2. The number of fused-ring (bicyclic) bond motifs is 1. The van der Waals surface area contributed by atoms with E-state index in [1.807, 2.05) is 60.8 Å². The molecule has 2 nitrogen and oxygen atoms in total. The Bertz CT molecular complexity index is 792. The zero-order valence-electron chi connectivity index (χ0n) is 10.2. The van der Waals surface area contributed by atoms with E-state index in [-0.39, 0.29) is 5.56 Å². The predicted octanol–water partition coefficient (Wildman–Crippen LogP) is 3.81. The highest BCUT2D eigenvalue weighted by Gasteiger charge is 2.04. The van der Waals surface area contributed by atoms with Gasteiger partial charge in [0.15, 0.2) is 0 Å². The lowest BCUT2D eigenvalue weighted by molar-refractivity contribution is 0.765. The van der Waals surface area contributed by atoms with Crippen LogP contribution in [0.15, 0.2) is 70.1 Å². The van der Waals surface area contributed by atoms with E-state index in [1.54, 1.807) is 4.57 Å². The van der Waals surface area contributed by atoms with Crippen LogP contribution in [-0.4, -0.2) is 4.57 Å². The fourth-order valence-corrected chi connectivity index (χ4v) is 2.57. The van der Waals surface area contributed by atoms with Crippen LogP contribution in [0.4, 0.5) is 0 Å². The average Bonchev–Trinajstić information content (AvgIpc) is 2.44. The number of hydrogen-bond donors (Lipinski definition) is 0. The molecule has 0 unspecified atom stereocenters. The van der Waals surface area contributed by atoms with Gasteiger partial charge in [-0.15, -0.1) is 0 Å². The van der Waals surface area contributed by atoms with Crippen LogP contribution in [0.1, 0.15) is 5.56 Å². The highest BCUT2D eigenvalue weighted by atomic mass is 79.9. The average molecular weight is 314 g/mol. The van der Waals surface area contributed by atoms with E-state index >= 15 is 0 Å². The zero-order chi connectivity index (χ0) is 13.2. The molecular formula is C16H12BrNO. The molecule has 0 aliphatic carbocycles. The van der Waals surface area contributed by atoms with E-state index in [0.29, 0.717) is 6.54 Å². The standard InChI is InChI=1S/C16H12BrNO/c17-15-8-4-2-6-13(15)11-18-10-9-12-5-1-3-7-14(12)16(18)19/h1-10H,11H2. The molecule has 0 N–H and O–H groups in total. The smallest absolute Gasteiger partial charge is 0.258 e. The summed E-state index contributed by atoms with van der Waals surface area (Å²) in [6.45, 7) is 0.574. The van der Waals surface area contributed by atoms with E-state index in [4.69, 9.17) is 0 Å². The molecule has 0 spiro atoms. The summed E-state index contributed by atoms with van der Waals surface area (Å²) in [5.41, 5.74) is 1.15. The Balaban J connectivity index is 2.10. The Morgan fingerprint density at radius 1 is 0.947 bits per heavy atom. The molecule has 2 aromatic carbocycles. The third kappa shape index (κ3) is 2.34. The van der Waals surface area contributed by atoms with Gasteiger partial charge in [-0.1, -0.05) is 52.3 Å². The van der Waals surface area contributed by atoms with Crippen LogP contribution < -0.4 is 5.56 Å². The number of aromatic nitrogens is 1. The zero-order valence-corrected chi connectivity index (χ0v) is 11.8. The van der Waals surface area contributed by atoms with Crippen molar-refractivity contribution in [3.8, 4) is 0 Å². The maximum Gasteiger partial charge on any atom is 0.258 e. The SMILES string of the molecule is O=c1c2ccccc2ccn1Cc1ccccc1Br. The Kier molecular flexibility index (Phi) is 3.22. The molecule has 0 aliphatic rings. The Labute approximate surface area is 119 Å². The molecule has 0 saturated heterocycles. The van der Waals surface area contributed by atoms with Gasteiger partial charge in [-0.3, -0.25) is 4.79 Å². The fraction of sp³-hybridized carbons (Fsp3) is 0.0625. The van der Waals surface area contributed by atoms with Crippen LogP contribution in [0, 0.1) is 0 Å². The molecule has 3 heteroatoms. The predicted molar refractivity (Wildman–Crippen MR) is 81.5 cm³/mol. The summed E-state index contributed by atoms with van der Waals surface area (Å²) in [5.74, 6) is 0. The van der Waals surface area contributed by atoms with Crippen molar-refractivity contribution in [1.29, 1.82) is 0 Å². The van der Waals surface area contributed by atoms with Crippen molar-refractivity contribution >= 4 is 26.7 Å². The van der Waals surface area contributed by atoms with Crippen LogP contribution in [0.25, 0.3) is 10.8 Å². The molecule has 19 heavy (non-hydrogen) atoms. The van der Waals surface area contributed by atoms with E-state index in [1.165, 1.54) is 0 Å². The molecule has 0 saturated carbocycles. The topological polar surface area (TPSA) is 22.0 Å². The molecule has 1 heterocycles. The molecule has 3 rings (SSSR count). The minimum Gasteiger partial charge on any atom is -0.311 e. The number of pyridine rings is 1. The van der Waals surface area contributed by atoms with E-state index in [9.17, 15) is 4.79 Å². The fourth-order valence-electron chi connectivity index (χ4n) is 2.16. The second kappa shape index (κ2) is 5.02. The van der Waals surface area contributed by atoms with Crippen molar-refractivity contribution in [2.75, 3.05) is 0 Å². The highest BCUT2D eigenvalue weighted by Crippen LogP contribution is 2.17. The van der Waals surface area contributed by atoms with E-state index < -0.39 is 0 Å². The largest absolute Gasteiger partial charge is 0.311 e. The van der Waals surface area contributed by atoms with Crippen LogP contribution in [0.3, 0.4) is 0 Å². The molecule has 0 atom stereocenters. The lowest BCUT2D eigenvalue weighted by Crippen LogP contribution is -2.20. The van der Waals surface area contributed by atoms with E-state index in [2.05, 4.69) is 15.9 Å². The molecular weight excluding hydrogens is 302 g/mol. The maximum absolute atomic E-state index is 12.4. The summed E-state index contributed by atoms with van der Waals surface area (Å²) in [4.78, 5) is 12.4. The van der Waals surface area contributed by atoms with Crippen LogP contribution in [-0.2, 0) is 6.54 Å². The number of halogens is 1. The minimum absolute atomic E-state index is 0.0499. The number of nitrogens with zero attached hydrogens (tertiary/aromatic N) is 1. The molecule has 0 radical (unpaired) electrons. The quantitative estimate of drug-likeness (QED) is 0.705. The number of rotatable bonds is 2. The van der Waals surface area contributed by atoms with Crippen LogP contribution >= 0.6 is 15.9 Å². The molecule has 0 fully saturated rings. The molecule has 3 aromatic rings. The van der Waals surface area contributed by atoms with Crippen LogP contribution in [0.2, 0.25) is 0 Å². The van der Waals surface area contributed by atoms with Crippen LogP contribution in [0.5, 0.6) is 0 Å². The summed E-state index contributed by atoms with van der Waals surface area (Å²) < 4.78 is 2.76. The summed E-state index contributed by atoms with van der Waals surface area (Å²) in [6.07, 6.45) is 1.85. The van der Waals surface area contributed by atoms with Crippen molar-refractivity contribution in [2.45, 2.75) is 6.54 Å². The van der Waals surface area contributed by atoms with Gasteiger partial charge in [0, 0.05) is 16.1 Å². The highest BCUT2D eigenvalue weighted by molar-refractivity contribution is 9.10. The molecule has 0 amide bonds. The molecule has 0 aliphatic heterocycles. The lowest BCUT2D eigenvalue weighted by Gasteiger charge is -2.08. The van der Waals surface area contributed by atoms with Gasteiger partial charge in [-0.2, -0.15) is 0 Å². The van der Waals surface area contributed by atoms with Gasteiger partial charge < -0.3 is 4.57 Å². The van der Waals surface area contributed by atoms with Gasteiger partial charge in [0.1, 0.15) is 0 Å². The summed E-state index contributed by atoms with van der Waals surface area (Å²) in [5, 5.41) is 1.74. The first-order valence-electron chi connectivity index (χ1n) is 6.07. The lowest BCUT2D eigenvalue weighted by atomic mass is 10.1. The van der Waals surface area contributed by atoms with Crippen molar-refractivity contribution in [3.63, 3.8) is 0 Å². The minimum atomic E-state index is 0.0499. The monoisotopic (exact) mass is 313 g/mol. The van der Waals surface area contributed by atoms with Gasteiger partial charge in [-0.25, -0.2) is 0 Å². The van der Waals surface area contributed by atoms with Crippen molar-refractivity contribution in [3.05, 3.63) is 81.2 Å². The maximum atomic E-state index is 12.4. The second-order valence-electron chi connectivity index (χ2n) is 4.43. The number of hydrogen-bond acceptors (Lipinski definition) is 1. The first-order valence-corrected chi connectivity index (χ1v) is 6.86. The van der Waals surface area contributed by atoms with Gasteiger partial charge in [0.25, 0.3) is 5.56 Å². The van der Waals surface area contributed by atoms with Gasteiger partial charge >= 0.3 is 0 Å². The third-order valence-electron chi connectivity index (χ3n) is 3.18. The summed E-state index contributed by atoms with van der Waals surface area (Å²) in [7, 11) is 0. The Morgan fingerprint density at radius 3 is 2.53 bits per heavy atom. The van der Waals surface area contributed by atoms with E-state index in [0.717, 1.165) is 20.8 Å². The second-order valence-corrected chi connectivity index (χ2v) is 5.28. The molecule has 94 valence electrons. The van der Waals surface area contributed by atoms with Crippen molar-refractivity contribution in [1.82, 2.24) is 4.57 Å². The van der Waals surface area contributed by atoms with Gasteiger partial charge in [0.2, 0.25) is 0 Å². The Hall–Kier alpha value is -1.87. The first-order chi connectivity index (χ1) is 9.25. The molecule has 0 bridgehead atoms. The summed E-state index contributed by atoms with van der Waals surface area (Å²) in [6, 6.07) is 17.6. The van der Waals surface area contributed by atoms with Crippen molar-refractivity contribution in [2.24, 2.45) is 0 Å².